The first-order valence-electron chi connectivity index (χ1n) is 8.11. The van der Waals surface area contributed by atoms with Gasteiger partial charge in [0.25, 0.3) is 5.91 Å². The van der Waals surface area contributed by atoms with Gasteiger partial charge in [-0.2, -0.15) is 18.3 Å². The lowest BCUT2D eigenvalue weighted by Crippen LogP contribution is -2.17. The third-order valence-corrected chi connectivity index (χ3v) is 4.11. The van der Waals surface area contributed by atoms with E-state index in [0.717, 1.165) is 17.8 Å². The molecule has 0 spiro atoms. The summed E-state index contributed by atoms with van der Waals surface area (Å²) in [6.45, 7) is 3.57. The van der Waals surface area contributed by atoms with Crippen LogP contribution in [0.2, 0.25) is 0 Å². The number of H-pyrrole nitrogens is 1. The molecule has 0 radical (unpaired) electrons. The molecular formula is C19H17F3N4O. The number of carbonyl (C=O) groups is 1. The Labute approximate surface area is 153 Å². The van der Waals surface area contributed by atoms with Gasteiger partial charge in [0.1, 0.15) is 5.69 Å². The number of nitrogens with zero attached hydrogens (tertiary/aromatic N) is 2. The van der Waals surface area contributed by atoms with Gasteiger partial charge in [0.05, 0.1) is 11.8 Å². The maximum Gasteiger partial charge on any atom is 0.416 e. The Bertz CT molecular complexity index is 985. The molecule has 8 heteroatoms. The van der Waals surface area contributed by atoms with Gasteiger partial charge in [0.15, 0.2) is 0 Å². The topological polar surface area (TPSA) is 62.2 Å². The highest BCUT2D eigenvalue weighted by molar-refractivity contribution is 5.93. The van der Waals surface area contributed by atoms with E-state index < -0.39 is 11.7 Å². The molecule has 0 aliphatic heterocycles. The van der Waals surface area contributed by atoms with Gasteiger partial charge < -0.3 is 9.55 Å². The fourth-order valence-electron chi connectivity index (χ4n) is 2.83. The van der Waals surface area contributed by atoms with Crippen molar-refractivity contribution in [2.45, 2.75) is 20.0 Å². The molecule has 1 amide bonds. The second-order valence-corrected chi connectivity index (χ2v) is 5.99. The van der Waals surface area contributed by atoms with Crippen LogP contribution in [-0.4, -0.2) is 21.7 Å². The molecule has 2 N–H and O–H groups in total. The van der Waals surface area contributed by atoms with Crippen LogP contribution in [0.1, 0.15) is 33.0 Å². The normalized spacial score (nSPS) is 11.9. The number of carbonyl (C=O) groups excluding carboxylic acids is 1. The quantitative estimate of drug-likeness (QED) is 0.522. The van der Waals surface area contributed by atoms with Crippen LogP contribution >= 0.6 is 0 Å². The van der Waals surface area contributed by atoms with Gasteiger partial charge in [-0.3, -0.25) is 4.79 Å². The average molecular weight is 374 g/mol. The number of hydrazone groups is 1. The van der Waals surface area contributed by atoms with Crippen LogP contribution in [0.3, 0.4) is 0 Å². The Balaban J connectivity index is 1.85. The number of halogens is 3. The third kappa shape index (κ3) is 3.94. The monoisotopic (exact) mass is 374 g/mol. The predicted molar refractivity (Wildman–Crippen MR) is 96.1 cm³/mol. The SMILES string of the molecule is Cc1cc(/C=N/NC(=O)c2ccc[nH]2)c(C)n1-c1cccc(C(F)(F)F)c1. The summed E-state index contributed by atoms with van der Waals surface area (Å²) in [6.07, 6.45) is -1.31. The highest BCUT2D eigenvalue weighted by atomic mass is 19.4. The number of benzene rings is 1. The first kappa shape index (κ1) is 18.5. The number of aromatic amines is 1. The van der Waals surface area contributed by atoms with Gasteiger partial charge in [0, 0.05) is 28.8 Å². The van der Waals surface area contributed by atoms with Crippen LogP contribution in [0.5, 0.6) is 0 Å². The zero-order chi connectivity index (χ0) is 19.6. The molecule has 2 aromatic heterocycles. The van der Waals surface area contributed by atoms with Gasteiger partial charge in [-0.15, -0.1) is 0 Å². The number of hydrogen-bond donors (Lipinski definition) is 2. The highest BCUT2D eigenvalue weighted by Crippen LogP contribution is 2.31. The van der Waals surface area contributed by atoms with Crippen LogP contribution in [0, 0.1) is 13.8 Å². The van der Waals surface area contributed by atoms with E-state index in [2.05, 4.69) is 15.5 Å². The van der Waals surface area contributed by atoms with Crippen molar-refractivity contribution >= 4 is 12.1 Å². The van der Waals surface area contributed by atoms with Crippen molar-refractivity contribution in [2.75, 3.05) is 0 Å². The number of aromatic nitrogens is 2. The summed E-state index contributed by atoms with van der Waals surface area (Å²) in [7, 11) is 0. The zero-order valence-corrected chi connectivity index (χ0v) is 14.6. The lowest BCUT2D eigenvalue weighted by Gasteiger charge is -2.13. The van der Waals surface area contributed by atoms with Gasteiger partial charge in [-0.05, 0) is 50.2 Å². The molecule has 1 aromatic carbocycles. The van der Waals surface area contributed by atoms with Gasteiger partial charge >= 0.3 is 6.18 Å². The molecule has 5 nitrogen and oxygen atoms in total. The number of alkyl halides is 3. The van der Waals surface area contributed by atoms with Crippen molar-refractivity contribution in [1.82, 2.24) is 15.0 Å². The molecule has 0 bridgehead atoms. The van der Waals surface area contributed by atoms with E-state index in [-0.39, 0.29) is 5.91 Å². The maximum absolute atomic E-state index is 13.0. The van der Waals surface area contributed by atoms with E-state index in [4.69, 9.17) is 0 Å². The first-order valence-corrected chi connectivity index (χ1v) is 8.11. The first-order chi connectivity index (χ1) is 12.8. The zero-order valence-electron chi connectivity index (χ0n) is 14.6. The smallest absolute Gasteiger partial charge is 0.357 e. The van der Waals surface area contributed by atoms with E-state index in [9.17, 15) is 18.0 Å². The van der Waals surface area contributed by atoms with Crippen molar-refractivity contribution in [3.8, 4) is 5.69 Å². The van der Waals surface area contributed by atoms with Crippen LogP contribution in [0.15, 0.2) is 53.8 Å². The standard InChI is InChI=1S/C19H17F3N4O/c1-12-9-14(11-24-25-18(27)17-7-4-8-23-17)13(2)26(12)16-6-3-5-15(10-16)19(20,21)22/h3-11,23H,1-2H3,(H,25,27)/b24-11+. The summed E-state index contributed by atoms with van der Waals surface area (Å²) in [4.78, 5) is 14.6. The molecule has 0 fully saturated rings. The van der Waals surface area contributed by atoms with Gasteiger partial charge in [-0.1, -0.05) is 6.07 Å². The summed E-state index contributed by atoms with van der Waals surface area (Å²) in [6, 6.07) is 10.2. The Hall–Kier alpha value is -3.29. The number of hydrogen-bond acceptors (Lipinski definition) is 2. The second kappa shape index (κ2) is 7.14. The molecule has 0 saturated heterocycles. The number of rotatable bonds is 4. The fraction of sp³-hybridized carbons (Fsp3) is 0.158. The van der Waals surface area contributed by atoms with E-state index in [0.29, 0.717) is 22.6 Å². The van der Waals surface area contributed by atoms with Crippen molar-refractivity contribution < 1.29 is 18.0 Å². The van der Waals surface area contributed by atoms with Crippen LogP contribution in [-0.2, 0) is 6.18 Å². The molecule has 0 aliphatic carbocycles. The minimum Gasteiger partial charge on any atom is -0.357 e. The molecule has 0 unspecified atom stereocenters. The predicted octanol–water partition coefficient (Wildman–Crippen LogP) is 4.20. The molecule has 0 aliphatic rings. The average Bonchev–Trinajstić information content (AvgIpc) is 3.23. The van der Waals surface area contributed by atoms with Crippen molar-refractivity contribution in [1.29, 1.82) is 0 Å². The molecule has 27 heavy (non-hydrogen) atoms. The van der Waals surface area contributed by atoms with Crippen LogP contribution in [0.25, 0.3) is 5.69 Å². The van der Waals surface area contributed by atoms with Crippen molar-refractivity contribution in [3.63, 3.8) is 0 Å². The number of amides is 1. The fourth-order valence-corrected chi connectivity index (χ4v) is 2.83. The summed E-state index contributed by atoms with van der Waals surface area (Å²) in [5.74, 6) is -0.386. The summed E-state index contributed by atoms with van der Waals surface area (Å²) >= 11 is 0. The molecule has 3 rings (SSSR count). The molecular weight excluding hydrogens is 357 g/mol. The Morgan fingerprint density at radius 2 is 1.96 bits per heavy atom. The maximum atomic E-state index is 13.0. The molecule has 0 atom stereocenters. The molecule has 140 valence electrons. The van der Waals surface area contributed by atoms with Crippen molar-refractivity contribution in [2.24, 2.45) is 5.10 Å². The Kier molecular flexibility index (Phi) is 4.89. The van der Waals surface area contributed by atoms with E-state index >= 15 is 0 Å². The minimum atomic E-state index is -4.41. The number of nitrogens with one attached hydrogen (secondary N) is 2. The van der Waals surface area contributed by atoms with Crippen molar-refractivity contribution in [3.05, 3.63) is 76.9 Å². The Morgan fingerprint density at radius 3 is 2.63 bits per heavy atom. The van der Waals surface area contributed by atoms with E-state index in [1.165, 1.54) is 12.3 Å². The van der Waals surface area contributed by atoms with Crippen LogP contribution < -0.4 is 5.43 Å². The summed E-state index contributed by atoms with van der Waals surface area (Å²) in [5, 5.41) is 3.93. The lowest BCUT2D eigenvalue weighted by molar-refractivity contribution is -0.137. The molecule has 3 aromatic rings. The van der Waals surface area contributed by atoms with Gasteiger partial charge in [0.2, 0.25) is 0 Å². The molecule has 0 saturated carbocycles. The Morgan fingerprint density at radius 1 is 1.19 bits per heavy atom. The second-order valence-electron chi connectivity index (χ2n) is 5.99. The lowest BCUT2D eigenvalue weighted by atomic mass is 10.2. The van der Waals surface area contributed by atoms with Crippen LogP contribution in [0.4, 0.5) is 13.2 Å². The van der Waals surface area contributed by atoms with E-state index in [1.807, 2.05) is 0 Å². The molecule has 2 heterocycles. The number of aryl methyl sites for hydroxylation is 1. The summed E-state index contributed by atoms with van der Waals surface area (Å²) < 4.78 is 40.6. The van der Waals surface area contributed by atoms with Gasteiger partial charge in [-0.25, -0.2) is 5.43 Å². The third-order valence-electron chi connectivity index (χ3n) is 4.11. The minimum absolute atomic E-state index is 0.376. The highest BCUT2D eigenvalue weighted by Gasteiger charge is 2.30. The largest absolute Gasteiger partial charge is 0.416 e. The summed E-state index contributed by atoms with van der Waals surface area (Å²) in [5.41, 5.74) is 4.64. The van der Waals surface area contributed by atoms with E-state index in [1.54, 1.807) is 48.9 Å².